The van der Waals surface area contributed by atoms with Crippen molar-refractivity contribution in [3.05, 3.63) is 48.0 Å². The van der Waals surface area contributed by atoms with Crippen LogP contribution in [0.2, 0.25) is 0 Å². The summed E-state index contributed by atoms with van der Waals surface area (Å²) in [6.45, 7) is 1.90. The average Bonchev–Trinajstić information content (AvgIpc) is 3.28. The van der Waals surface area contributed by atoms with E-state index in [-0.39, 0.29) is 5.92 Å². The standard InChI is InChI=1S/C13H11N5O.C5H7F3/c1-8-5-11(9-3-2-4-15-6-9)17-13-10(12(14)19)7-16-18(8)13;6-5(7,8)3-4-1-2-4/h2-7H,1H3,(H2,14,19);4H,1-3H2. The predicted octanol–water partition coefficient (Wildman–Crippen LogP) is 3.55. The third-order valence-corrected chi connectivity index (χ3v) is 4.09. The van der Waals surface area contributed by atoms with E-state index in [1.807, 2.05) is 25.1 Å². The summed E-state index contributed by atoms with van der Waals surface area (Å²) < 4.78 is 35.6. The van der Waals surface area contributed by atoms with Crippen LogP contribution in [0.1, 0.15) is 35.3 Å². The van der Waals surface area contributed by atoms with Crippen molar-refractivity contribution in [2.75, 3.05) is 0 Å². The molecule has 0 bridgehead atoms. The normalized spacial score (nSPS) is 13.9. The highest BCUT2D eigenvalue weighted by Gasteiger charge is 2.36. The van der Waals surface area contributed by atoms with E-state index in [0.717, 1.165) is 29.8 Å². The zero-order valence-electron chi connectivity index (χ0n) is 14.6. The van der Waals surface area contributed by atoms with Gasteiger partial charge in [-0.15, -0.1) is 0 Å². The van der Waals surface area contributed by atoms with Gasteiger partial charge in [0.15, 0.2) is 5.65 Å². The number of aromatic nitrogens is 4. The molecule has 0 aliphatic heterocycles. The molecular weight excluding hydrogens is 359 g/mol. The first-order valence-electron chi connectivity index (χ1n) is 8.37. The molecule has 142 valence electrons. The summed E-state index contributed by atoms with van der Waals surface area (Å²) >= 11 is 0. The van der Waals surface area contributed by atoms with E-state index in [2.05, 4.69) is 15.1 Å². The van der Waals surface area contributed by atoms with E-state index in [1.54, 1.807) is 16.9 Å². The van der Waals surface area contributed by atoms with Crippen molar-refractivity contribution in [1.29, 1.82) is 0 Å². The molecule has 9 heteroatoms. The van der Waals surface area contributed by atoms with Crippen LogP contribution in [0.4, 0.5) is 13.2 Å². The first-order valence-corrected chi connectivity index (χ1v) is 8.37. The summed E-state index contributed by atoms with van der Waals surface area (Å²) in [7, 11) is 0. The summed E-state index contributed by atoms with van der Waals surface area (Å²) in [5, 5.41) is 4.11. The smallest absolute Gasteiger partial charge is 0.365 e. The maximum Gasteiger partial charge on any atom is 0.389 e. The van der Waals surface area contributed by atoms with E-state index < -0.39 is 18.5 Å². The van der Waals surface area contributed by atoms with Crippen molar-refractivity contribution in [3.8, 4) is 11.3 Å². The zero-order valence-corrected chi connectivity index (χ0v) is 14.6. The fraction of sp³-hybridized carbons (Fsp3) is 0.333. The largest absolute Gasteiger partial charge is 0.389 e. The molecule has 6 nitrogen and oxygen atoms in total. The Morgan fingerprint density at radius 3 is 2.59 bits per heavy atom. The summed E-state index contributed by atoms with van der Waals surface area (Å²) in [6, 6.07) is 5.63. The van der Waals surface area contributed by atoms with Crippen molar-refractivity contribution in [2.24, 2.45) is 11.7 Å². The molecule has 3 aromatic heterocycles. The Kier molecular flexibility index (Phi) is 5.11. The number of alkyl halides is 3. The number of hydrogen-bond donors (Lipinski definition) is 1. The molecule has 3 aromatic rings. The molecule has 1 fully saturated rings. The summed E-state index contributed by atoms with van der Waals surface area (Å²) in [6.07, 6.45) is 1.93. The highest BCUT2D eigenvalue weighted by Crippen LogP contribution is 2.39. The Morgan fingerprint density at radius 2 is 2.07 bits per heavy atom. The van der Waals surface area contributed by atoms with Crippen LogP contribution in [0, 0.1) is 12.8 Å². The Hall–Kier alpha value is -2.97. The number of pyridine rings is 1. The van der Waals surface area contributed by atoms with Gasteiger partial charge in [-0.05, 0) is 43.9 Å². The lowest BCUT2D eigenvalue weighted by atomic mass is 10.2. The quantitative estimate of drug-likeness (QED) is 0.756. The highest BCUT2D eigenvalue weighted by atomic mass is 19.4. The molecule has 1 saturated carbocycles. The van der Waals surface area contributed by atoms with Crippen LogP contribution in [0.5, 0.6) is 0 Å². The van der Waals surface area contributed by atoms with Gasteiger partial charge in [0.05, 0.1) is 11.9 Å². The van der Waals surface area contributed by atoms with Crippen LogP contribution in [-0.4, -0.2) is 31.7 Å². The van der Waals surface area contributed by atoms with E-state index in [9.17, 15) is 18.0 Å². The SMILES string of the molecule is Cc1cc(-c2cccnc2)nc2c(C(N)=O)cnn12.FC(F)(F)CC1CC1. The molecular formula is C18H18F3N5O. The second-order valence-electron chi connectivity index (χ2n) is 6.45. The maximum absolute atomic E-state index is 11.4. The molecule has 3 heterocycles. The van der Waals surface area contributed by atoms with Crippen molar-refractivity contribution >= 4 is 11.6 Å². The van der Waals surface area contributed by atoms with E-state index in [0.29, 0.717) is 11.2 Å². The lowest BCUT2D eigenvalue weighted by Crippen LogP contribution is -2.11. The van der Waals surface area contributed by atoms with Crippen LogP contribution in [0.25, 0.3) is 16.9 Å². The summed E-state index contributed by atoms with van der Waals surface area (Å²) in [5.41, 5.74) is 8.58. The number of amides is 1. The lowest BCUT2D eigenvalue weighted by Gasteiger charge is -2.04. The molecule has 1 aliphatic rings. The van der Waals surface area contributed by atoms with Crippen LogP contribution < -0.4 is 5.73 Å². The zero-order chi connectivity index (χ0) is 19.6. The van der Waals surface area contributed by atoms with Crippen molar-refractivity contribution in [1.82, 2.24) is 19.6 Å². The molecule has 27 heavy (non-hydrogen) atoms. The fourth-order valence-corrected chi connectivity index (χ4v) is 2.60. The topological polar surface area (TPSA) is 86.2 Å². The average molecular weight is 377 g/mol. The molecule has 4 rings (SSSR count). The minimum Gasteiger partial charge on any atom is -0.365 e. The number of aryl methyl sites for hydroxylation is 1. The van der Waals surface area contributed by atoms with Crippen LogP contribution >= 0.6 is 0 Å². The van der Waals surface area contributed by atoms with Crippen molar-refractivity contribution in [2.45, 2.75) is 32.4 Å². The fourth-order valence-electron chi connectivity index (χ4n) is 2.60. The van der Waals surface area contributed by atoms with Gasteiger partial charge in [0.1, 0.15) is 5.56 Å². The molecule has 0 atom stereocenters. The highest BCUT2D eigenvalue weighted by molar-refractivity contribution is 5.98. The molecule has 0 radical (unpaired) electrons. The number of nitrogens with zero attached hydrogens (tertiary/aromatic N) is 4. The Labute approximate surface area is 153 Å². The molecule has 0 spiro atoms. The van der Waals surface area contributed by atoms with Crippen molar-refractivity contribution < 1.29 is 18.0 Å². The lowest BCUT2D eigenvalue weighted by molar-refractivity contribution is -0.138. The van der Waals surface area contributed by atoms with Crippen molar-refractivity contribution in [3.63, 3.8) is 0 Å². The second-order valence-corrected chi connectivity index (χ2v) is 6.45. The van der Waals surface area contributed by atoms with Gasteiger partial charge in [0.2, 0.25) is 0 Å². The molecule has 0 saturated heterocycles. The number of halogens is 3. The Morgan fingerprint density at radius 1 is 1.33 bits per heavy atom. The number of carbonyl (C=O) groups excluding carboxylic acids is 1. The molecule has 1 aliphatic carbocycles. The first kappa shape index (κ1) is 18.8. The first-order chi connectivity index (χ1) is 12.7. The van der Waals surface area contributed by atoms with E-state index >= 15 is 0 Å². The van der Waals surface area contributed by atoms with Crippen LogP contribution in [0.15, 0.2) is 36.8 Å². The van der Waals surface area contributed by atoms with Gasteiger partial charge in [-0.25, -0.2) is 9.50 Å². The van der Waals surface area contributed by atoms with Gasteiger partial charge in [-0.2, -0.15) is 18.3 Å². The molecule has 0 aromatic carbocycles. The molecule has 1 amide bonds. The summed E-state index contributed by atoms with van der Waals surface area (Å²) in [4.78, 5) is 19.9. The van der Waals surface area contributed by atoms with Gasteiger partial charge < -0.3 is 5.73 Å². The Balaban J connectivity index is 0.000000221. The van der Waals surface area contributed by atoms with Crippen LogP contribution in [-0.2, 0) is 0 Å². The minimum atomic E-state index is -3.92. The van der Waals surface area contributed by atoms with Gasteiger partial charge in [0.25, 0.3) is 5.91 Å². The monoisotopic (exact) mass is 377 g/mol. The van der Waals surface area contributed by atoms with Gasteiger partial charge in [-0.1, -0.05) is 0 Å². The number of primary amides is 1. The maximum atomic E-state index is 11.4. The minimum absolute atomic E-state index is 0.0324. The Bertz CT molecular complexity index is 949. The third kappa shape index (κ3) is 4.81. The van der Waals surface area contributed by atoms with E-state index in [1.165, 1.54) is 6.20 Å². The summed E-state index contributed by atoms with van der Waals surface area (Å²) in [5.74, 6) is -0.569. The molecule has 0 unspecified atom stereocenters. The number of fused-ring (bicyclic) bond motifs is 1. The van der Waals surface area contributed by atoms with E-state index in [4.69, 9.17) is 5.73 Å². The molecule has 2 N–H and O–H groups in total. The van der Waals surface area contributed by atoms with Gasteiger partial charge in [-0.3, -0.25) is 9.78 Å². The number of hydrogen-bond acceptors (Lipinski definition) is 4. The predicted molar refractivity (Wildman–Crippen MR) is 92.9 cm³/mol. The number of carbonyl (C=O) groups is 1. The third-order valence-electron chi connectivity index (χ3n) is 4.09. The van der Waals surface area contributed by atoms with Gasteiger partial charge in [0, 0.05) is 30.1 Å². The number of rotatable bonds is 3. The van der Waals surface area contributed by atoms with Crippen LogP contribution in [0.3, 0.4) is 0 Å². The van der Waals surface area contributed by atoms with Gasteiger partial charge >= 0.3 is 6.18 Å². The second kappa shape index (κ2) is 7.34. The number of nitrogens with two attached hydrogens (primary N) is 1.